The fourth-order valence-corrected chi connectivity index (χ4v) is 2.58. The third kappa shape index (κ3) is 5.38. The molecule has 0 atom stereocenters. The largest absolute Gasteiger partial charge is 0.0654 e. The number of benzene rings is 1. The van der Waals surface area contributed by atoms with E-state index < -0.39 is 0 Å². The maximum absolute atomic E-state index is 4.35. The van der Waals surface area contributed by atoms with Gasteiger partial charge < -0.3 is 0 Å². The number of unbranched alkanes of at least 4 members (excludes halogenated alkanes) is 3. The minimum atomic E-state index is 1.20. The molecule has 0 heterocycles. The van der Waals surface area contributed by atoms with Crippen LogP contribution in [0, 0.1) is 6.92 Å². The van der Waals surface area contributed by atoms with Crippen molar-refractivity contribution >= 4 is 0 Å². The molecule has 0 saturated carbocycles. The van der Waals surface area contributed by atoms with Crippen molar-refractivity contribution < 1.29 is 0 Å². The van der Waals surface area contributed by atoms with E-state index in [4.69, 9.17) is 0 Å². The lowest BCUT2D eigenvalue weighted by Crippen LogP contribution is -2.00. The molecule has 0 N–H and O–H groups in total. The van der Waals surface area contributed by atoms with Gasteiger partial charge in [-0.05, 0) is 67.7 Å². The van der Waals surface area contributed by atoms with Crippen molar-refractivity contribution in [2.24, 2.45) is 0 Å². The lowest BCUT2D eigenvalue weighted by atomic mass is 9.91. The van der Waals surface area contributed by atoms with Crippen molar-refractivity contribution in [2.75, 3.05) is 0 Å². The fraction of sp³-hybridized carbons (Fsp3) is 0.632. The summed E-state index contributed by atoms with van der Waals surface area (Å²) in [5, 5.41) is 0. The first-order valence-electron chi connectivity index (χ1n) is 8.19. The zero-order valence-corrected chi connectivity index (χ0v) is 13.2. The Bertz CT molecular complexity index is 333. The molecule has 0 unspecified atom stereocenters. The molecule has 0 aliphatic carbocycles. The van der Waals surface area contributed by atoms with Crippen molar-refractivity contribution in [1.82, 2.24) is 0 Å². The van der Waals surface area contributed by atoms with Crippen LogP contribution in [0.3, 0.4) is 0 Å². The van der Waals surface area contributed by atoms with Crippen molar-refractivity contribution in [2.45, 2.75) is 78.6 Å². The summed E-state index contributed by atoms with van der Waals surface area (Å²) in [7, 11) is 0. The highest BCUT2D eigenvalue weighted by atomic mass is 14.1. The lowest BCUT2D eigenvalue weighted by molar-refractivity contribution is 0.763. The normalized spacial score (nSPS) is 10.9. The molecular weight excluding hydrogens is 228 g/mol. The van der Waals surface area contributed by atoms with Gasteiger partial charge in [0.15, 0.2) is 0 Å². The van der Waals surface area contributed by atoms with Gasteiger partial charge in [0.25, 0.3) is 0 Å². The molecule has 0 aromatic heterocycles. The molecule has 107 valence electrons. The predicted molar refractivity (Wildman–Crippen MR) is 86.7 cm³/mol. The highest BCUT2D eigenvalue weighted by Gasteiger charge is 2.07. The Labute approximate surface area is 120 Å². The Morgan fingerprint density at radius 1 is 0.737 bits per heavy atom. The Morgan fingerprint density at radius 2 is 1.16 bits per heavy atom. The molecule has 0 saturated heterocycles. The fourth-order valence-electron chi connectivity index (χ4n) is 2.58. The van der Waals surface area contributed by atoms with Crippen LogP contribution in [0.4, 0.5) is 0 Å². The molecule has 0 nitrogen and oxygen atoms in total. The highest BCUT2D eigenvalue weighted by Crippen LogP contribution is 2.22. The summed E-state index contributed by atoms with van der Waals surface area (Å²) >= 11 is 0. The van der Waals surface area contributed by atoms with Crippen LogP contribution in [0.5, 0.6) is 0 Å². The molecule has 0 amide bonds. The first-order chi connectivity index (χ1) is 9.22. The quantitative estimate of drug-likeness (QED) is 0.518. The van der Waals surface area contributed by atoms with Crippen LogP contribution in [0.2, 0.25) is 0 Å². The van der Waals surface area contributed by atoms with Gasteiger partial charge in [0.05, 0.1) is 0 Å². The molecule has 1 rings (SSSR count). The Balaban J connectivity index is 2.92. The van der Waals surface area contributed by atoms with Crippen LogP contribution < -0.4 is 0 Å². The van der Waals surface area contributed by atoms with Crippen LogP contribution in [-0.4, -0.2) is 0 Å². The van der Waals surface area contributed by atoms with E-state index in [0.717, 1.165) is 0 Å². The van der Waals surface area contributed by atoms with Gasteiger partial charge in [0, 0.05) is 0 Å². The molecule has 1 radical (unpaired) electrons. The molecular formula is C19H31. The van der Waals surface area contributed by atoms with Crippen LogP contribution in [0.15, 0.2) is 12.1 Å². The number of aryl methyl sites for hydroxylation is 3. The Morgan fingerprint density at radius 3 is 1.58 bits per heavy atom. The first kappa shape index (κ1) is 16.3. The first-order valence-corrected chi connectivity index (χ1v) is 8.19. The van der Waals surface area contributed by atoms with E-state index in [1.807, 2.05) is 0 Å². The molecule has 0 spiro atoms. The van der Waals surface area contributed by atoms with Gasteiger partial charge in [-0.1, -0.05) is 52.2 Å². The van der Waals surface area contributed by atoms with Gasteiger partial charge in [-0.2, -0.15) is 0 Å². The van der Waals surface area contributed by atoms with Crippen LogP contribution in [-0.2, 0) is 19.3 Å². The van der Waals surface area contributed by atoms with Crippen molar-refractivity contribution in [1.29, 1.82) is 0 Å². The standard InChI is InChI=1S/C19H31/c1-5-8-11-17-14-18(12-9-6-2)16(4)19(15-17)13-10-7-3/h14-15H,4-13H2,1-3H3. The second-order valence-electron chi connectivity index (χ2n) is 5.70. The second kappa shape index (κ2) is 9.18. The van der Waals surface area contributed by atoms with Crippen molar-refractivity contribution in [3.8, 4) is 0 Å². The van der Waals surface area contributed by atoms with Crippen molar-refractivity contribution in [3.63, 3.8) is 0 Å². The van der Waals surface area contributed by atoms with E-state index in [2.05, 4.69) is 39.8 Å². The number of hydrogen-bond acceptors (Lipinski definition) is 0. The summed E-state index contributed by atoms with van der Waals surface area (Å²) in [6.45, 7) is 11.1. The number of hydrogen-bond donors (Lipinski definition) is 0. The third-order valence-electron chi connectivity index (χ3n) is 3.91. The lowest BCUT2D eigenvalue weighted by Gasteiger charge is -2.14. The van der Waals surface area contributed by atoms with Crippen LogP contribution >= 0.6 is 0 Å². The monoisotopic (exact) mass is 259 g/mol. The van der Waals surface area contributed by atoms with E-state index in [-0.39, 0.29) is 0 Å². The van der Waals surface area contributed by atoms with Crippen LogP contribution in [0.25, 0.3) is 0 Å². The Kier molecular flexibility index (Phi) is 7.86. The molecule has 0 aliphatic rings. The Hall–Kier alpha value is -0.780. The van der Waals surface area contributed by atoms with E-state index in [0.29, 0.717) is 0 Å². The molecule has 19 heavy (non-hydrogen) atoms. The average Bonchev–Trinajstić information content (AvgIpc) is 2.43. The molecule has 0 fully saturated rings. The average molecular weight is 259 g/mol. The predicted octanol–water partition coefficient (Wildman–Crippen LogP) is 5.90. The molecule has 1 aromatic carbocycles. The van der Waals surface area contributed by atoms with E-state index in [9.17, 15) is 0 Å². The summed E-state index contributed by atoms with van der Waals surface area (Å²) in [5.41, 5.74) is 5.86. The van der Waals surface area contributed by atoms with Gasteiger partial charge in [-0.25, -0.2) is 0 Å². The summed E-state index contributed by atoms with van der Waals surface area (Å²) in [6, 6.07) is 4.84. The van der Waals surface area contributed by atoms with Gasteiger partial charge in [-0.3, -0.25) is 0 Å². The van der Waals surface area contributed by atoms with E-state index in [1.54, 1.807) is 0 Å². The van der Waals surface area contributed by atoms with Gasteiger partial charge in [-0.15, -0.1) is 0 Å². The molecule has 0 heteroatoms. The van der Waals surface area contributed by atoms with Crippen LogP contribution in [0.1, 0.15) is 81.5 Å². The molecule has 1 aromatic rings. The van der Waals surface area contributed by atoms with Gasteiger partial charge in [0.2, 0.25) is 0 Å². The topological polar surface area (TPSA) is 0 Å². The maximum atomic E-state index is 4.35. The molecule has 0 bridgehead atoms. The SMILES string of the molecule is [CH2]c1c(CCCC)cc(CCCC)cc1CCCC. The van der Waals surface area contributed by atoms with Crippen molar-refractivity contribution in [3.05, 3.63) is 41.3 Å². The smallest absolute Gasteiger partial charge is 0.0233 e. The van der Waals surface area contributed by atoms with Gasteiger partial charge >= 0.3 is 0 Å². The summed E-state index contributed by atoms with van der Waals surface area (Å²) < 4.78 is 0. The summed E-state index contributed by atoms with van der Waals surface area (Å²) in [6.07, 6.45) is 11.3. The van der Waals surface area contributed by atoms with E-state index in [1.165, 1.54) is 80.0 Å². The van der Waals surface area contributed by atoms with E-state index >= 15 is 0 Å². The zero-order chi connectivity index (χ0) is 14.1. The summed E-state index contributed by atoms with van der Waals surface area (Å²) in [4.78, 5) is 0. The second-order valence-corrected chi connectivity index (χ2v) is 5.70. The highest BCUT2D eigenvalue weighted by molar-refractivity contribution is 5.41. The third-order valence-corrected chi connectivity index (χ3v) is 3.91. The maximum Gasteiger partial charge on any atom is -0.0233 e. The minimum absolute atomic E-state index is 1.20. The molecule has 0 aliphatic heterocycles. The summed E-state index contributed by atoms with van der Waals surface area (Å²) in [5.74, 6) is 0. The minimum Gasteiger partial charge on any atom is -0.0654 e. The van der Waals surface area contributed by atoms with Gasteiger partial charge in [0.1, 0.15) is 0 Å². The number of rotatable bonds is 9. The zero-order valence-electron chi connectivity index (χ0n) is 13.2.